The number of urea groups is 1. The van der Waals surface area contributed by atoms with Crippen LogP contribution in [0.2, 0.25) is 0 Å². The van der Waals surface area contributed by atoms with Crippen molar-refractivity contribution in [1.82, 2.24) is 10.2 Å². The zero-order chi connectivity index (χ0) is 21.9. The van der Waals surface area contributed by atoms with Crippen LogP contribution in [-0.2, 0) is 15.1 Å². The monoisotopic (exact) mass is 412 g/mol. The zero-order valence-corrected chi connectivity index (χ0v) is 16.1. The van der Waals surface area contributed by atoms with Crippen molar-refractivity contribution < 1.29 is 23.2 Å². The standard InChI is InChI=1S/C21H18F2N4O3/c1-21(14-3-5-15(22)6-4-14)19(29)27(20(30)25-21)13-18(28)26(12-2-11-24)17-9-7-16(23)8-10-17/h3-10H,2,12-13H2,1H3,(H,25,30)/t21-/m1/s1. The molecule has 1 atom stereocenters. The molecule has 0 spiro atoms. The third-order valence-electron chi connectivity index (χ3n) is 4.88. The fraction of sp³-hybridized carbons (Fsp3) is 0.238. The molecule has 0 aromatic heterocycles. The lowest BCUT2D eigenvalue weighted by atomic mass is 9.92. The van der Waals surface area contributed by atoms with Crippen molar-refractivity contribution in [2.75, 3.05) is 18.0 Å². The van der Waals surface area contributed by atoms with E-state index in [1.165, 1.54) is 60.4 Å². The number of carbonyl (C=O) groups is 3. The number of hydrogen-bond acceptors (Lipinski definition) is 4. The van der Waals surface area contributed by atoms with Crippen LogP contribution in [0.25, 0.3) is 0 Å². The Morgan fingerprint density at radius 1 is 1.10 bits per heavy atom. The number of anilines is 1. The summed E-state index contributed by atoms with van der Waals surface area (Å²) in [6.45, 7) is 0.919. The Bertz CT molecular complexity index is 1020. The number of benzene rings is 2. The summed E-state index contributed by atoms with van der Waals surface area (Å²) in [5, 5.41) is 11.4. The van der Waals surface area contributed by atoms with Gasteiger partial charge in [0.25, 0.3) is 5.91 Å². The first-order valence-corrected chi connectivity index (χ1v) is 9.09. The molecule has 1 N–H and O–H groups in total. The van der Waals surface area contributed by atoms with Gasteiger partial charge in [0.15, 0.2) is 0 Å². The van der Waals surface area contributed by atoms with Gasteiger partial charge >= 0.3 is 6.03 Å². The second kappa shape index (κ2) is 8.29. The molecule has 1 aliphatic heterocycles. The maximum atomic E-state index is 13.2. The molecule has 2 aromatic rings. The van der Waals surface area contributed by atoms with Crippen molar-refractivity contribution >= 4 is 23.5 Å². The molecular weight excluding hydrogens is 394 g/mol. The van der Waals surface area contributed by atoms with Crippen LogP contribution >= 0.6 is 0 Å². The van der Waals surface area contributed by atoms with E-state index in [2.05, 4.69) is 5.32 Å². The van der Waals surface area contributed by atoms with Gasteiger partial charge in [-0.15, -0.1) is 0 Å². The maximum Gasteiger partial charge on any atom is 0.325 e. The summed E-state index contributed by atoms with van der Waals surface area (Å²) in [6.07, 6.45) is 0.0105. The van der Waals surface area contributed by atoms with E-state index >= 15 is 0 Å². The molecule has 0 saturated carbocycles. The molecule has 1 fully saturated rings. The molecule has 0 aliphatic carbocycles. The maximum absolute atomic E-state index is 13.2. The highest BCUT2D eigenvalue weighted by Crippen LogP contribution is 2.29. The summed E-state index contributed by atoms with van der Waals surface area (Å²) in [7, 11) is 0. The second-order valence-electron chi connectivity index (χ2n) is 6.88. The molecule has 7 nitrogen and oxygen atoms in total. The smallest absolute Gasteiger partial charge is 0.319 e. The van der Waals surface area contributed by atoms with Crippen LogP contribution in [0.4, 0.5) is 19.3 Å². The van der Waals surface area contributed by atoms with E-state index in [-0.39, 0.29) is 13.0 Å². The van der Waals surface area contributed by atoms with E-state index in [9.17, 15) is 23.2 Å². The molecule has 9 heteroatoms. The summed E-state index contributed by atoms with van der Waals surface area (Å²) in [6, 6.07) is 11.4. The number of amides is 4. The van der Waals surface area contributed by atoms with E-state index in [1.54, 1.807) is 0 Å². The third kappa shape index (κ3) is 3.98. The number of halogens is 2. The summed E-state index contributed by atoms with van der Waals surface area (Å²) in [5.74, 6) is -2.25. The van der Waals surface area contributed by atoms with Crippen molar-refractivity contribution in [1.29, 1.82) is 5.26 Å². The molecule has 154 valence electrons. The van der Waals surface area contributed by atoms with E-state index in [1.807, 2.05) is 6.07 Å². The SMILES string of the molecule is C[C@]1(c2ccc(F)cc2)NC(=O)N(CC(=O)N(CCC#N)c2ccc(F)cc2)C1=O. The average molecular weight is 412 g/mol. The minimum atomic E-state index is -1.45. The molecule has 4 amide bonds. The zero-order valence-electron chi connectivity index (χ0n) is 16.1. The van der Waals surface area contributed by atoms with Crippen LogP contribution in [0.5, 0.6) is 0 Å². The van der Waals surface area contributed by atoms with Gasteiger partial charge in [0, 0.05) is 12.2 Å². The van der Waals surface area contributed by atoms with Gasteiger partial charge < -0.3 is 10.2 Å². The van der Waals surface area contributed by atoms with Crippen LogP contribution in [0.1, 0.15) is 18.9 Å². The Balaban J connectivity index is 1.82. The lowest BCUT2D eigenvalue weighted by molar-refractivity contribution is -0.134. The van der Waals surface area contributed by atoms with Gasteiger partial charge in [-0.2, -0.15) is 5.26 Å². The van der Waals surface area contributed by atoms with Crippen LogP contribution < -0.4 is 10.2 Å². The highest BCUT2D eigenvalue weighted by atomic mass is 19.1. The first-order chi connectivity index (χ1) is 14.3. The van der Waals surface area contributed by atoms with Crippen LogP contribution in [0, 0.1) is 23.0 Å². The number of nitrogens with zero attached hydrogens (tertiary/aromatic N) is 3. The van der Waals surface area contributed by atoms with Crippen molar-refractivity contribution in [2.45, 2.75) is 18.9 Å². The van der Waals surface area contributed by atoms with Gasteiger partial charge in [-0.1, -0.05) is 12.1 Å². The first kappa shape index (κ1) is 20.9. The summed E-state index contributed by atoms with van der Waals surface area (Å²) in [4.78, 5) is 40.3. The molecule has 1 saturated heterocycles. The van der Waals surface area contributed by atoms with Gasteiger partial charge in [-0.05, 0) is 48.9 Å². The summed E-state index contributed by atoms with van der Waals surface area (Å²) >= 11 is 0. The van der Waals surface area contributed by atoms with Gasteiger partial charge in [-0.3, -0.25) is 14.5 Å². The predicted octanol–water partition coefficient (Wildman–Crippen LogP) is 2.68. The Hall–Kier alpha value is -3.80. The molecule has 1 aliphatic rings. The average Bonchev–Trinajstić information content (AvgIpc) is 2.94. The van der Waals surface area contributed by atoms with Gasteiger partial charge in [0.1, 0.15) is 23.7 Å². The molecule has 0 radical (unpaired) electrons. The number of nitrogens with one attached hydrogen (secondary N) is 1. The van der Waals surface area contributed by atoms with Gasteiger partial charge in [0.2, 0.25) is 5.91 Å². The number of imide groups is 1. The van der Waals surface area contributed by atoms with Crippen LogP contribution in [0.15, 0.2) is 48.5 Å². The van der Waals surface area contributed by atoms with Crippen LogP contribution in [-0.4, -0.2) is 35.8 Å². The van der Waals surface area contributed by atoms with E-state index in [4.69, 9.17) is 5.26 Å². The molecule has 0 unspecified atom stereocenters. The molecular formula is C21H18F2N4O3. The normalized spacial score (nSPS) is 18.1. The Morgan fingerprint density at radius 2 is 1.67 bits per heavy atom. The second-order valence-corrected chi connectivity index (χ2v) is 6.88. The number of carbonyl (C=O) groups excluding carboxylic acids is 3. The van der Waals surface area contributed by atoms with Crippen LogP contribution in [0.3, 0.4) is 0 Å². The lowest BCUT2D eigenvalue weighted by Crippen LogP contribution is -2.45. The molecule has 3 rings (SSSR count). The largest absolute Gasteiger partial charge is 0.325 e. The number of hydrogen-bond donors (Lipinski definition) is 1. The van der Waals surface area contributed by atoms with E-state index in [0.717, 1.165) is 4.90 Å². The Labute approximate surface area is 171 Å². The molecule has 30 heavy (non-hydrogen) atoms. The first-order valence-electron chi connectivity index (χ1n) is 9.09. The number of rotatable bonds is 6. The van der Waals surface area contributed by atoms with Crippen molar-refractivity contribution in [3.05, 3.63) is 65.7 Å². The third-order valence-corrected chi connectivity index (χ3v) is 4.88. The minimum absolute atomic E-state index is 0.0105. The van der Waals surface area contributed by atoms with Crippen molar-refractivity contribution in [3.8, 4) is 6.07 Å². The summed E-state index contributed by atoms with van der Waals surface area (Å²) < 4.78 is 26.4. The molecule has 1 heterocycles. The molecule has 0 bridgehead atoms. The Morgan fingerprint density at radius 3 is 2.23 bits per heavy atom. The quantitative estimate of drug-likeness (QED) is 0.739. The highest BCUT2D eigenvalue weighted by Gasteiger charge is 2.49. The Kier molecular flexibility index (Phi) is 5.78. The van der Waals surface area contributed by atoms with E-state index < -0.39 is 41.6 Å². The lowest BCUT2D eigenvalue weighted by Gasteiger charge is -2.25. The number of nitriles is 1. The van der Waals surface area contributed by atoms with Gasteiger partial charge in [-0.25, -0.2) is 13.6 Å². The van der Waals surface area contributed by atoms with Crippen molar-refractivity contribution in [3.63, 3.8) is 0 Å². The topological polar surface area (TPSA) is 93.5 Å². The fourth-order valence-electron chi connectivity index (χ4n) is 3.22. The fourth-order valence-corrected chi connectivity index (χ4v) is 3.22. The summed E-state index contributed by atoms with van der Waals surface area (Å²) in [5.41, 5.74) is -0.736. The molecule has 2 aromatic carbocycles. The highest BCUT2D eigenvalue weighted by molar-refractivity contribution is 6.10. The predicted molar refractivity (Wildman–Crippen MR) is 103 cm³/mol. The van der Waals surface area contributed by atoms with Gasteiger partial charge in [0.05, 0.1) is 12.5 Å². The van der Waals surface area contributed by atoms with Crippen molar-refractivity contribution in [2.24, 2.45) is 0 Å². The minimum Gasteiger partial charge on any atom is -0.319 e. The van der Waals surface area contributed by atoms with E-state index in [0.29, 0.717) is 11.3 Å².